The van der Waals surface area contributed by atoms with E-state index in [1.54, 1.807) is 0 Å². The van der Waals surface area contributed by atoms with Gasteiger partial charge in [0.1, 0.15) is 5.78 Å². The Morgan fingerprint density at radius 1 is 0.952 bits per heavy atom. The molecule has 0 aromatic rings. The average molecular weight is 300 g/mol. The molecule has 4 heteroatoms. The molecule has 0 atom stereocenters. The van der Waals surface area contributed by atoms with Crippen molar-refractivity contribution < 1.29 is 19.1 Å². The van der Waals surface area contributed by atoms with Crippen LogP contribution in [0.15, 0.2) is 0 Å². The van der Waals surface area contributed by atoms with Gasteiger partial charge in [0.25, 0.3) is 0 Å². The molecule has 0 saturated carbocycles. The molecule has 0 saturated heterocycles. The minimum Gasteiger partial charge on any atom is -0.466 e. The predicted molar refractivity (Wildman–Crippen MR) is 84.2 cm³/mol. The van der Waals surface area contributed by atoms with Crippen molar-refractivity contribution in [3.8, 4) is 0 Å². The molecule has 4 nitrogen and oxygen atoms in total. The number of unbranched alkanes of at least 4 members (excludes halogenated alkanes) is 1. The molecule has 0 unspecified atom stereocenters. The summed E-state index contributed by atoms with van der Waals surface area (Å²) in [6.07, 6.45) is 3.21. The molecule has 124 valence electrons. The zero-order chi connectivity index (χ0) is 16.5. The molecule has 0 aliphatic heterocycles. The number of esters is 1. The van der Waals surface area contributed by atoms with Crippen molar-refractivity contribution in [2.24, 2.45) is 5.41 Å². The van der Waals surface area contributed by atoms with Gasteiger partial charge in [-0.2, -0.15) is 0 Å². The number of rotatable bonds is 10. The maximum Gasteiger partial charge on any atom is 0.306 e. The third-order valence-electron chi connectivity index (χ3n) is 3.35. The fourth-order valence-electron chi connectivity index (χ4n) is 1.64. The summed E-state index contributed by atoms with van der Waals surface area (Å²) in [5, 5.41) is 0. The van der Waals surface area contributed by atoms with Gasteiger partial charge < -0.3 is 9.47 Å². The monoisotopic (exact) mass is 300 g/mol. The van der Waals surface area contributed by atoms with Crippen LogP contribution >= 0.6 is 0 Å². The molecule has 0 amide bonds. The van der Waals surface area contributed by atoms with Gasteiger partial charge in [0.05, 0.1) is 18.6 Å². The summed E-state index contributed by atoms with van der Waals surface area (Å²) in [5.41, 5.74) is -0.675. The van der Waals surface area contributed by atoms with Gasteiger partial charge in [-0.1, -0.05) is 34.1 Å². The van der Waals surface area contributed by atoms with Crippen LogP contribution in [-0.2, 0) is 19.1 Å². The van der Waals surface area contributed by atoms with Crippen molar-refractivity contribution >= 4 is 11.8 Å². The van der Waals surface area contributed by atoms with Crippen molar-refractivity contribution in [1.29, 1.82) is 0 Å². The van der Waals surface area contributed by atoms with Gasteiger partial charge in [-0.3, -0.25) is 9.59 Å². The number of ether oxygens (including phenoxy) is 2. The Morgan fingerprint density at radius 2 is 1.57 bits per heavy atom. The molecule has 0 N–H and O–H groups in total. The van der Waals surface area contributed by atoms with Crippen LogP contribution in [0.1, 0.15) is 73.6 Å². The van der Waals surface area contributed by atoms with Crippen LogP contribution in [0, 0.1) is 5.41 Å². The van der Waals surface area contributed by atoms with Crippen molar-refractivity contribution in [3.63, 3.8) is 0 Å². The zero-order valence-electron chi connectivity index (χ0n) is 14.6. The topological polar surface area (TPSA) is 52.6 Å². The second-order valence-corrected chi connectivity index (χ2v) is 7.11. The first kappa shape index (κ1) is 20.1. The van der Waals surface area contributed by atoms with Crippen LogP contribution in [0.2, 0.25) is 0 Å². The Hall–Kier alpha value is -0.900. The van der Waals surface area contributed by atoms with Gasteiger partial charge in [-0.25, -0.2) is 0 Å². The van der Waals surface area contributed by atoms with Gasteiger partial charge in [-0.05, 0) is 20.3 Å². The van der Waals surface area contributed by atoms with Crippen molar-refractivity contribution in [2.75, 3.05) is 13.2 Å². The maximum absolute atomic E-state index is 11.7. The minimum atomic E-state index is -0.393. The lowest BCUT2D eigenvalue weighted by Crippen LogP contribution is -2.27. The van der Waals surface area contributed by atoms with Gasteiger partial charge in [-0.15, -0.1) is 0 Å². The second kappa shape index (κ2) is 9.19. The first-order chi connectivity index (χ1) is 9.58. The summed E-state index contributed by atoms with van der Waals surface area (Å²) in [5.74, 6) is -0.223. The van der Waals surface area contributed by atoms with E-state index in [2.05, 4.69) is 6.92 Å². The molecule has 0 radical (unpaired) electrons. The summed E-state index contributed by atoms with van der Waals surface area (Å²) in [7, 11) is 0. The minimum absolute atomic E-state index is 0.0858. The van der Waals surface area contributed by atoms with Crippen LogP contribution in [0.4, 0.5) is 0 Å². The molecular weight excluding hydrogens is 268 g/mol. The van der Waals surface area contributed by atoms with Gasteiger partial charge in [0.2, 0.25) is 0 Å². The Bertz CT molecular complexity index is 326. The normalized spacial score (nSPS) is 12.3. The summed E-state index contributed by atoms with van der Waals surface area (Å²) < 4.78 is 10.9. The highest BCUT2D eigenvalue weighted by atomic mass is 16.5. The van der Waals surface area contributed by atoms with E-state index < -0.39 is 5.41 Å². The van der Waals surface area contributed by atoms with E-state index in [0.29, 0.717) is 13.0 Å². The third-order valence-corrected chi connectivity index (χ3v) is 3.35. The maximum atomic E-state index is 11.7. The number of carbonyl (C=O) groups excluding carboxylic acids is 2. The van der Waals surface area contributed by atoms with E-state index in [1.807, 2.05) is 34.6 Å². The van der Waals surface area contributed by atoms with Gasteiger partial charge >= 0.3 is 5.97 Å². The molecule has 0 heterocycles. The number of hydrogen-bond acceptors (Lipinski definition) is 4. The Labute approximate surface area is 129 Å². The second-order valence-electron chi connectivity index (χ2n) is 7.11. The Kier molecular flexibility index (Phi) is 8.79. The summed E-state index contributed by atoms with van der Waals surface area (Å²) >= 11 is 0. The fraction of sp³-hybridized carbons (Fsp3) is 0.882. The van der Waals surface area contributed by atoms with Crippen molar-refractivity contribution in [2.45, 2.75) is 79.2 Å². The third kappa shape index (κ3) is 10.5. The molecule has 0 fully saturated rings. The summed E-state index contributed by atoms with van der Waals surface area (Å²) in [6, 6.07) is 0. The molecule has 0 bridgehead atoms. The van der Waals surface area contributed by atoms with E-state index in [4.69, 9.17) is 9.47 Å². The van der Waals surface area contributed by atoms with Gasteiger partial charge in [0, 0.05) is 24.9 Å². The quantitative estimate of drug-likeness (QED) is 0.453. The first-order valence-corrected chi connectivity index (χ1v) is 7.91. The molecule has 0 aromatic heterocycles. The fourth-order valence-corrected chi connectivity index (χ4v) is 1.64. The average Bonchev–Trinajstić information content (AvgIpc) is 2.34. The smallest absolute Gasteiger partial charge is 0.306 e. The molecule has 21 heavy (non-hydrogen) atoms. The van der Waals surface area contributed by atoms with E-state index in [9.17, 15) is 9.59 Å². The summed E-state index contributed by atoms with van der Waals surface area (Å²) in [6.45, 7) is 12.8. The number of carbonyl (C=O) groups is 2. The van der Waals surface area contributed by atoms with Crippen LogP contribution in [0.25, 0.3) is 0 Å². The SMILES string of the molecule is CCCCOC(C)(C)CCOC(=O)CCC(=O)C(C)(C)C. The van der Waals surface area contributed by atoms with E-state index in [0.717, 1.165) is 19.4 Å². The first-order valence-electron chi connectivity index (χ1n) is 7.91. The Balaban J connectivity index is 3.86. The van der Waals surface area contributed by atoms with Gasteiger partial charge in [0.15, 0.2) is 0 Å². The Morgan fingerprint density at radius 3 is 2.10 bits per heavy atom. The zero-order valence-corrected chi connectivity index (χ0v) is 14.6. The van der Waals surface area contributed by atoms with E-state index in [1.165, 1.54) is 0 Å². The molecule has 0 aliphatic carbocycles. The van der Waals surface area contributed by atoms with E-state index in [-0.39, 0.29) is 30.2 Å². The molecular formula is C17H32O4. The van der Waals surface area contributed by atoms with Crippen molar-refractivity contribution in [3.05, 3.63) is 0 Å². The molecule has 0 aliphatic rings. The summed E-state index contributed by atoms with van der Waals surface area (Å²) in [4.78, 5) is 23.3. The number of hydrogen-bond donors (Lipinski definition) is 0. The van der Waals surface area contributed by atoms with Crippen LogP contribution in [-0.4, -0.2) is 30.6 Å². The standard InChI is InChI=1S/C17H32O4/c1-7-8-12-21-17(5,6)11-13-20-15(19)10-9-14(18)16(2,3)4/h7-13H2,1-6H3. The lowest BCUT2D eigenvalue weighted by molar-refractivity contribution is -0.147. The largest absolute Gasteiger partial charge is 0.466 e. The number of Topliss-reactive ketones (excluding diaryl/α,β-unsaturated/α-hetero) is 1. The lowest BCUT2D eigenvalue weighted by atomic mass is 9.88. The van der Waals surface area contributed by atoms with E-state index >= 15 is 0 Å². The number of ketones is 1. The van der Waals surface area contributed by atoms with Crippen molar-refractivity contribution in [1.82, 2.24) is 0 Å². The molecule has 0 rings (SSSR count). The molecule has 0 aromatic carbocycles. The van der Waals surface area contributed by atoms with Crippen LogP contribution < -0.4 is 0 Å². The predicted octanol–water partition coefficient (Wildman–Crippen LogP) is 3.91. The highest BCUT2D eigenvalue weighted by molar-refractivity contribution is 5.86. The highest BCUT2D eigenvalue weighted by Gasteiger charge is 2.22. The van der Waals surface area contributed by atoms with Crippen LogP contribution in [0.3, 0.4) is 0 Å². The lowest BCUT2D eigenvalue weighted by Gasteiger charge is -2.25. The molecule has 0 spiro atoms. The van der Waals surface area contributed by atoms with Crippen LogP contribution in [0.5, 0.6) is 0 Å². The highest BCUT2D eigenvalue weighted by Crippen LogP contribution is 2.18.